The summed E-state index contributed by atoms with van der Waals surface area (Å²) in [7, 11) is 1.93. The van der Waals surface area contributed by atoms with Crippen molar-refractivity contribution in [2.45, 2.75) is 13.0 Å². The van der Waals surface area contributed by atoms with Crippen LogP contribution < -0.4 is 5.32 Å². The molecular weight excluding hydrogens is 305 g/mol. The number of hydrogen-bond acceptors (Lipinski definition) is 2. The Balaban J connectivity index is 1.90. The minimum atomic E-state index is 0.516. The van der Waals surface area contributed by atoms with E-state index >= 15 is 0 Å². The highest BCUT2D eigenvalue weighted by molar-refractivity contribution is 6.44. The van der Waals surface area contributed by atoms with Gasteiger partial charge >= 0.3 is 0 Å². The number of nitrogens with one attached hydrogen (secondary N) is 1. The first kappa shape index (κ1) is 14.7. The largest absolute Gasteiger partial charge is 0.312 e. The second-order valence-corrected chi connectivity index (χ2v) is 5.39. The molecule has 0 fully saturated rings. The van der Waals surface area contributed by atoms with Gasteiger partial charge in [0.05, 0.1) is 10.0 Å². The summed E-state index contributed by atoms with van der Waals surface area (Å²) in [5, 5.41) is 9.10. The highest BCUT2D eigenvalue weighted by Gasteiger charge is 2.09. The summed E-state index contributed by atoms with van der Waals surface area (Å²) < 4.78 is 1.86. The molecule has 0 aliphatic heterocycles. The number of nitrogens with zero attached hydrogens (tertiary/aromatic N) is 2. The summed E-state index contributed by atoms with van der Waals surface area (Å²) in [6.45, 7) is 1.41. The molecule has 0 aliphatic carbocycles. The van der Waals surface area contributed by atoms with Gasteiger partial charge in [0.25, 0.3) is 0 Å². The Morgan fingerprint density at radius 3 is 2.58 bits per heavy atom. The van der Waals surface area contributed by atoms with E-state index in [4.69, 9.17) is 34.8 Å². The third-order valence-corrected chi connectivity index (χ3v) is 4.12. The van der Waals surface area contributed by atoms with E-state index in [0.717, 1.165) is 18.5 Å². The Kier molecular flexibility index (Phi) is 5.11. The molecule has 102 valence electrons. The molecule has 0 atom stereocenters. The van der Waals surface area contributed by atoms with Gasteiger partial charge in [-0.3, -0.25) is 4.68 Å². The second kappa shape index (κ2) is 6.62. The summed E-state index contributed by atoms with van der Waals surface area (Å²) >= 11 is 18.2. The van der Waals surface area contributed by atoms with Gasteiger partial charge in [0.1, 0.15) is 0 Å². The maximum Gasteiger partial charge on any atom is 0.0652 e. The van der Waals surface area contributed by atoms with Crippen LogP contribution in [0.4, 0.5) is 0 Å². The monoisotopic (exact) mass is 317 g/mol. The van der Waals surface area contributed by atoms with Crippen molar-refractivity contribution < 1.29 is 0 Å². The Hall–Kier alpha value is -0.740. The number of hydrogen-bond donors (Lipinski definition) is 1. The molecule has 2 rings (SSSR count). The molecule has 2 aromatic rings. The molecular formula is C13H14Cl3N3. The summed E-state index contributed by atoms with van der Waals surface area (Å²) in [5.41, 5.74) is 2.01. The molecule has 3 nitrogen and oxygen atoms in total. The van der Waals surface area contributed by atoms with Crippen LogP contribution >= 0.6 is 34.8 Å². The van der Waals surface area contributed by atoms with E-state index in [-0.39, 0.29) is 0 Å². The Labute approximate surface area is 127 Å². The van der Waals surface area contributed by atoms with Crippen molar-refractivity contribution in [3.63, 3.8) is 0 Å². The molecule has 1 aromatic carbocycles. The lowest BCUT2D eigenvalue weighted by molar-refractivity contribution is 0.643. The molecule has 1 heterocycles. The molecule has 0 unspecified atom stereocenters. The zero-order chi connectivity index (χ0) is 13.8. The highest BCUT2D eigenvalue weighted by atomic mass is 35.5. The normalized spacial score (nSPS) is 10.9. The van der Waals surface area contributed by atoms with Gasteiger partial charge in [-0.25, -0.2) is 0 Å². The molecule has 0 radical (unpaired) electrons. The van der Waals surface area contributed by atoms with Gasteiger partial charge < -0.3 is 5.32 Å². The van der Waals surface area contributed by atoms with Crippen LogP contribution in [0.1, 0.15) is 11.3 Å². The quantitative estimate of drug-likeness (QED) is 0.673. The van der Waals surface area contributed by atoms with Crippen LogP contribution in [0.5, 0.6) is 0 Å². The molecule has 0 amide bonds. The fourth-order valence-electron chi connectivity index (χ4n) is 1.81. The van der Waals surface area contributed by atoms with Gasteiger partial charge in [0.15, 0.2) is 0 Å². The Bertz CT molecular complexity index is 566. The second-order valence-electron chi connectivity index (χ2n) is 4.19. The Morgan fingerprint density at radius 1 is 1.16 bits per heavy atom. The van der Waals surface area contributed by atoms with Gasteiger partial charge in [0, 0.05) is 49.0 Å². The summed E-state index contributed by atoms with van der Waals surface area (Å²) in [6, 6.07) is 5.46. The summed E-state index contributed by atoms with van der Waals surface area (Å²) in [5.74, 6) is 0. The molecule has 1 aromatic heterocycles. The van der Waals surface area contributed by atoms with Crippen LogP contribution in [0.3, 0.4) is 0 Å². The lowest BCUT2D eigenvalue weighted by Crippen LogP contribution is -2.18. The Morgan fingerprint density at radius 2 is 1.89 bits per heavy atom. The standard InChI is InChI=1S/C13H14Cl3N3/c1-19-9(5-7-18-19)4-6-17-8-10-11(14)2-3-12(15)13(10)16/h2-3,5,7,17H,4,6,8H2,1H3. The first-order valence-corrected chi connectivity index (χ1v) is 7.03. The third-order valence-electron chi connectivity index (χ3n) is 2.92. The molecule has 0 saturated heterocycles. The molecule has 0 spiro atoms. The molecule has 0 aliphatic rings. The number of aryl methyl sites for hydroxylation is 1. The van der Waals surface area contributed by atoms with Crippen molar-refractivity contribution in [1.82, 2.24) is 15.1 Å². The fraction of sp³-hybridized carbons (Fsp3) is 0.308. The van der Waals surface area contributed by atoms with Crippen LogP contribution in [0, 0.1) is 0 Å². The average molecular weight is 319 g/mol. The molecule has 6 heteroatoms. The third kappa shape index (κ3) is 3.63. The van der Waals surface area contributed by atoms with Gasteiger partial charge in [-0.05, 0) is 18.2 Å². The van der Waals surface area contributed by atoms with E-state index in [1.165, 1.54) is 5.69 Å². The minimum absolute atomic E-state index is 0.516. The lowest BCUT2D eigenvalue weighted by Gasteiger charge is -2.10. The average Bonchev–Trinajstić information content (AvgIpc) is 2.79. The van der Waals surface area contributed by atoms with Crippen molar-refractivity contribution in [2.24, 2.45) is 7.05 Å². The van der Waals surface area contributed by atoms with E-state index in [0.29, 0.717) is 21.6 Å². The van der Waals surface area contributed by atoms with E-state index in [1.54, 1.807) is 18.3 Å². The number of rotatable bonds is 5. The van der Waals surface area contributed by atoms with Gasteiger partial charge in [-0.2, -0.15) is 5.10 Å². The van der Waals surface area contributed by atoms with Crippen molar-refractivity contribution in [2.75, 3.05) is 6.54 Å². The minimum Gasteiger partial charge on any atom is -0.312 e. The van der Waals surface area contributed by atoms with Crippen LogP contribution in [-0.2, 0) is 20.0 Å². The molecule has 19 heavy (non-hydrogen) atoms. The topological polar surface area (TPSA) is 29.9 Å². The lowest BCUT2D eigenvalue weighted by atomic mass is 10.2. The van der Waals surface area contributed by atoms with Gasteiger partial charge in [-0.1, -0.05) is 34.8 Å². The zero-order valence-corrected chi connectivity index (χ0v) is 12.7. The first-order valence-electron chi connectivity index (χ1n) is 5.89. The summed E-state index contributed by atoms with van der Waals surface area (Å²) in [6.07, 6.45) is 2.69. The highest BCUT2D eigenvalue weighted by Crippen LogP contribution is 2.31. The first-order chi connectivity index (χ1) is 9.09. The van der Waals surface area contributed by atoms with Crippen LogP contribution in [0.2, 0.25) is 15.1 Å². The fourth-order valence-corrected chi connectivity index (χ4v) is 2.49. The molecule has 0 saturated carbocycles. The van der Waals surface area contributed by atoms with Gasteiger partial charge in [-0.15, -0.1) is 0 Å². The predicted molar refractivity (Wildman–Crippen MR) is 80.1 cm³/mol. The maximum atomic E-state index is 6.13. The van der Waals surface area contributed by atoms with Crippen molar-refractivity contribution in [3.8, 4) is 0 Å². The van der Waals surface area contributed by atoms with Crippen molar-refractivity contribution >= 4 is 34.8 Å². The van der Waals surface area contributed by atoms with E-state index < -0.39 is 0 Å². The maximum absolute atomic E-state index is 6.13. The number of benzene rings is 1. The van der Waals surface area contributed by atoms with Crippen molar-refractivity contribution in [1.29, 1.82) is 0 Å². The molecule has 1 N–H and O–H groups in total. The van der Waals surface area contributed by atoms with E-state index in [2.05, 4.69) is 10.4 Å². The smallest absolute Gasteiger partial charge is 0.0652 e. The van der Waals surface area contributed by atoms with Crippen LogP contribution in [0.15, 0.2) is 24.4 Å². The summed E-state index contributed by atoms with van der Waals surface area (Å²) in [4.78, 5) is 0. The predicted octanol–water partition coefficient (Wildman–Crippen LogP) is 3.71. The van der Waals surface area contributed by atoms with Crippen LogP contribution in [0.25, 0.3) is 0 Å². The van der Waals surface area contributed by atoms with Gasteiger partial charge in [0.2, 0.25) is 0 Å². The van der Waals surface area contributed by atoms with E-state index in [9.17, 15) is 0 Å². The zero-order valence-electron chi connectivity index (χ0n) is 10.5. The van der Waals surface area contributed by atoms with Crippen LogP contribution in [-0.4, -0.2) is 16.3 Å². The number of halogens is 3. The van der Waals surface area contributed by atoms with E-state index in [1.807, 2.05) is 17.8 Å². The van der Waals surface area contributed by atoms with Crippen molar-refractivity contribution in [3.05, 3.63) is 50.7 Å². The molecule has 0 bridgehead atoms. The SMILES string of the molecule is Cn1nccc1CCNCc1c(Cl)ccc(Cl)c1Cl. The number of aromatic nitrogens is 2.